The molecule has 1 aliphatic rings. The number of carbonyl (C=O) groups is 2. The third-order valence-electron chi connectivity index (χ3n) is 4.46. The van der Waals surface area contributed by atoms with Crippen molar-refractivity contribution >= 4 is 11.9 Å². The molecular formula is C17H23F2N3O2. The van der Waals surface area contributed by atoms with E-state index < -0.39 is 17.0 Å². The van der Waals surface area contributed by atoms with E-state index in [2.05, 4.69) is 16.0 Å². The van der Waals surface area contributed by atoms with Crippen molar-refractivity contribution < 1.29 is 18.4 Å². The number of amides is 3. The molecule has 5 nitrogen and oxygen atoms in total. The highest BCUT2D eigenvalue weighted by Crippen LogP contribution is 2.42. The zero-order valence-electron chi connectivity index (χ0n) is 13.8. The summed E-state index contributed by atoms with van der Waals surface area (Å²) < 4.78 is 27.8. The lowest BCUT2D eigenvalue weighted by Crippen LogP contribution is -2.45. The van der Waals surface area contributed by atoms with E-state index in [1.807, 2.05) is 0 Å². The molecule has 0 bridgehead atoms. The molecule has 2 rings (SSSR count). The molecule has 0 radical (unpaired) electrons. The van der Waals surface area contributed by atoms with Gasteiger partial charge in [0.05, 0.1) is 0 Å². The minimum Gasteiger partial charge on any atom is -0.355 e. The Hall–Kier alpha value is -2.18. The van der Waals surface area contributed by atoms with Crippen LogP contribution in [0.15, 0.2) is 18.2 Å². The van der Waals surface area contributed by atoms with Gasteiger partial charge >= 0.3 is 6.03 Å². The number of halogens is 2. The van der Waals surface area contributed by atoms with E-state index in [9.17, 15) is 18.4 Å². The molecule has 1 aromatic rings. The molecule has 0 aromatic heterocycles. The van der Waals surface area contributed by atoms with Crippen molar-refractivity contribution in [1.82, 2.24) is 16.0 Å². The number of rotatable bonds is 6. The number of nitrogens with one attached hydrogen (secondary N) is 3. The van der Waals surface area contributed by atoms with Crippen LogP contribution in [0.3, 0.4) is 0 Å². The van der Waals surface area contributed by atoms with Crippen molar-refractivity contribution in [2.45, 2.75) is 38.0 Å². The normalized spacial score (nSPS) is 15.8. The third-order valence-corrected chi connectivity index (χ3v) is 4.46. The number of hydrogen-bond donors (Lipinski definition) is 3. The lowest BCUT2D eigenvalue weighted by molar-refractivity contribution is -0.118. The Morgan fingerprint density at radius 1 is 1.08 bits per heavy atom. The fraction of sp³-hybridized carbons (Fsp3) is 0.529. The molecule has 1 aliphatic carbocycles. The molecule has 3 amide bonds. The molecule has 24 heavy (non-hydrogen) atoms. The molecule has 1 saturated carbocycles. The van der Waals surface area contributed by atoms with E-state index in [-0.39, 0.29) is 18.5 Å². The van der Waals surface area contributed by atoms with E-state index in [1.165, 1.54) is 13.0 Å². The zero-order chi connectivity index (χ0) is 17.6. The predicted octanol–water partition coefficient (Wildman–Crippen LogP) is 2.21. The Morgan fingerprint density at radius 3 is 2.42 bits per heavy atom. The van der Waals surface area contributed by atoms with Crippen molar-refractivity contribution in [3.8, 4) is 0 Å². The van der Waals surface area contributed by atoms with Gasteiger partial charge in [-0.15, -0.1) is 0 Å². The third kappa shape index (κ3) is 4.43. The largest absolute Gasteiger partial charge is 0.355 e. The number of urea groups is 1. The lowest BCUT2D eigenvalue weighted by Gasteiger charge is -2.30. The number of benzene rings is 1. The van der Waals surface area contributed by atoms with Crippen LogP contribution in [0.2, 0.25) is 0 Å². The van der Waals surface area contributed by atoms with Crippen LogP contribution in [0.4, 0.5) is 13.6 Å². The van der Waals surface area contributed by atoms with Crippen molar-refractivity contribution in [2.24, 2.45) is 0 Å². The molecule has 1 aromatic carbocycles. The molecule has 0 unspecified atom stereocenters. The van der Waals surface area contributed by atoms with Gasteiger partial charge in [-0.2, -0.15) is 0 Å². The molecule has 0 aliphatic heterocycles. The maximum Gasteiger partial charge on any atom is 0.314 e. The van der Waals surface area contributed by atoms with Crippen LogP contribution in [0, 0.1) is 11.6 Å². The fourth-order valence-corrected chi connectivity index (χ4v) is 3.23. The van der Waals surface area contributed by atoms with Crippen LogP contribution in [0.1, 0.15) is 38.2 Å². The van der Waals surface area contributed by atoms with Crippen LogP contribution in [0.5, 0.6) is 0 Å². The molecule has 0 saturated heterocycles. The average molecular weight is 339 g/mol. The summed E-state index contributed by atoms with van der Waals surface area (Å²) in [4.78, 5) is 22.6. The Balaban J connectivity index is 1.95. The quantitative estimate of drug-likeness (QED) is 0.696. The van der Waals surface area contributed by atoms with E-state index in [0.29, 0.717) is 31.5 Å². The topological polar surface area (TPSA) is 70.2 Å². The van der Waals surface area contributed by atoms with Crippen molar-refractivity contribution in [3.05, 3.63) is 35.4 Å². The van der Waals surface area contributed by atoms with Gasteiger partial charge in [0, 0.05) is 32.0 Å². The Morgan fingerprint density at radius 2 is 1.75 bits per heavy atom. The number of hydrogen-bond acceptors (Lipinski definition) is 2. The minimum absolute atomic E-state index is 0.163. The molecule has 0 spiro atoms. The van der Waals surface area contributed by atoms with Gasteiger partial charge < -0.3 is 16.0 Å². The highest BCUT2D eigenvalue weighted by Gasteiger charge is 2.38. The van der Waals surface area contributed by atoms with Crippen molar-refractivity contribution in [3.63, 3.8) is 0 Å². The average Bonchev–Trinajstić information content (AvgIpc) is 3.02. The van der Waals surface area contributed by atoms with E-state index in [0.717, 1.165) is 18.9 Å². The Labute approximate surface area is 140 Å². The summed E-state index contributed by atoms with van der Waals surface area (Å²) in [5.41, 5.74) is -0.236. The molecule has 3 N–H and O–H groups in total. The van der Waals surface area contributed by atoms with E-state index >= 15 is 0 Å². The summed E-state index contributed by atoms with van der Waals surface area (Å²) >= 11 is 0. The first-order valence-corrected chi connectivity index (χ1v) is 8.15. The fourth-order valence-electron chi connectivity index (χ4n) is 3.23. The van der Waals surface area contributed by atoms with E-state index in [4.69, 9.17) is 0 Å². The molecule has 132 valence electrons. The monoisotopic (exact) mass is 339 g/mol. The predicted molar refractivity (Wildman–Crippen MR) is 86.6 cm³/mol. The van der Waals surface area contributed by atoms with Crippen molar-refractivity contribution in [2.75, 3.05) is 19.6 Å². The van der Waals surface area contributed by atoms with Gasteiger partial charge in [-0.25, -0.2) is 13.6 Å². The maximum atomic E-state index is 14.2. The first-order chi connectivity index (χ1) is 11.4. The van der Waals surface area contributed by atoms with Crippen molar-refractivity contribution in [1.29, 1.82) is 0 Å². The highest BCUT2D eigenvalue weighted by atomic mass is 19.2. The van der Waals surface area contributed by atoms with Gasteiger partial charge in [0.2, 0.25) is 5.91 Å². The van der Waals surface area contributed by atoms with Gasteiger partial charge in [0.15, 0.2) is 11.6 Å². The Kier molecular flexibility index (Phi) is 6.11. The second-order valence-electron chi connectivity index (χ2n) is 6.18. The lowest BCUT2D eigenvalue weighted by atomic mass is 9.78. The molecular weight excluding hydrogens is 316 g/mol. The summed E-state index contributed by atoms with van der Waals surface area (Å²) in [7, 11) is 0. The van der Waals surface area contributed by atoms with Gasteiger partial charge in [0.1, 0.15) is 0 Å². The first kappa shape index (κ1) is 18.2. The summed E-state index contributed by atoms with van der Waals surface area (Å²) in [5.74, 6) is -1.85. The van der Waals surface area contributed by atoms with Gasteiger partial charge in [-0.3, -0.25) is 4.79 Å². The van der Waals surface area contributed by atoms with Gasteiger partial charge in [0.25, 0.3) is 0 Å². The van der Waals surface area contributed by atoms with E-state index in [1.54, 1.807) is 6.07 Å². The van der Waals surface area contributed by atoms with Crippen LogP contribution in [-0.4, -0.2) is 31.6 Å². The summed E-state index contributed by atoms with van der Waals surface area (Å²) in [6.45, 7) is 2.29. The molecule has 0 atom stereocenters. The first-order valence-electron chi connectivity index (χ1n) is 8.15. The van der Waals surface area contributed by atoms with Crippen LogP contribution < -0.4 is 16.0 Å². The maximum absolute atomic E-state index is 14.2. The van der Waals surface area contributed by atoms with Gasteiger partial charge in [-0.1, -0.05) is 25.0 Å². The SMILES string of the molecule is CC(=O)NCCNC(=O)NCC1(c2cccc(F)c2F)CCCC1. The second-order valence-corrected chi connectivity index (χ2v) is 6.18. The summed E-state index contributed by atoms with van der Waals surface area (Å²) in [6.07, 6.45) is 3.25. The minimum atomic E-state index is -0.862. The molecule has 1 fully saturated rings. The smallest absolute Gasteiger partial charge is 0.314 e. The Bertz CT molecular complexity index is 601. The zero-order valence-corrected chi connectivity index (χ0v) is 13.8. The van der Waals surface area contributed by atoms with Crippen LogP contribution >= 0.6 is 0 Å². The second kappa shape index (κ2) is 8.08. The van der Waals surface area contributed by atoms with Crippen LogP contribution in [-0.2, 0) is 10.2 Å². The molecule has 0 heterocycles. The summed E-state index contributed by atoms with van der Waals surface area (Å²) in [6, 6.07) is 3.81. The van der Waals surface area contributed by atoms with Gasteiger partial charge in [-0.05, 0) is 24.5 Å². The molecule has 7 heteroatoms. The van der Waals surface area contributed by atoms with Crippen LogP contribution in [0.25, 0.3) is 0 Å². The standard InChI is InChI=1S/C17H23F2N3O2/c1-12(23)20-9-10-21-16(24)22-11-17(7-2-3-8-17)13-5-4-6-14(18)15(13)19/h4-6H,2-3,7-11H2,1H3,(H,20,23)(H2,21,22,24). The summed E-state index contributed by atoms with van der Waals surface area (Å²) in [5, 5.41) is 7.94. The number of carbonyl (C=O) groups excluding carboxylic acids is 2. The highest BCUT2D eigenvalue weighted by molar-refractivity contribution is 5.74.